The Labute approximate surface area is 87.8 Å². The van der Waals surface area contributed by atoms with Crippen LogP contribution < -0.4 is 0 Å². The van der Waals surface area contributed by atoms with Crippen LogP contribution in [-0.2, 0) is 4.74 Å². The zero-order valence-corrected chi connectivity index (χ0v) is 9.19. The van der Waals surface area contributed by atoms with E-state index in [0.717, 1.165) is 0 Å². The van der Waals surface area contributed by atoms with Crippen molar-refractivity contribution in [3.05, 3.63) is 11.5 Å². The Balaban J connectivity index is 0.000000921. The highest BCUT2D eigenvalue weighted by Crippen LogP contribution is 2.22. The fourth-order valence-electron chi connectivity index (χ4n) is 0.996. The molecule has 1 rings (SSSR count). The first-order chi connectivity index (χ1) is 6.99. The number of hydrogen-bond acceptors (Lipinski definition) is 2. The monoisotopic (exact) mass is 223 g/mol. The molecule has 0 spiro atoms. The molecule has 0 N–H and O–H groups in total. The van der Waals surface area contributed by atoms with Gasteiger partial charge in [-0.25, -0.2) is 0 Å². The number of ether oxygens (including phenoxy) is 1. The van der Waals surface area contributed by atoms with Crippen LogP contribution in [0.1, 0.15) is 33.6 Å². The molecule has 2 nitrogen and oxygen atoms in total. The third-order valence-electron chi connectivity index (χ3n) is 1.60. The number of hydrogen-bond donors (Lipinski definition) is 0. The van der Waals surface area contributed by atoms with Gasteiger partial charge in [-0.05, 0) is 13.3 Å². The highest BCUT2D eigenvalue weighted by molar-refractivity contribution is 5.60. The third-order valence-corrected chi connectivity index (χ3v) is 1.60. The van der Waals surface area contributed by atoms with E-state index < -0.39 is 12.8 Å². The van der Waals surface area contributed by atoms with Gasteiger partial charge in [-0.3, -0.25) is 4.99 Å². The van der Waals surface area contributed by atoms with Gasteiger partial charge in [-0.15, -0.1) is 0 Å². The van der Waals surface area contributed by atoms with Crippen LogP contribution in [0.3, 0.4) is 0 Å². The van der Waals surface area contributed by atoms with Crippen molar-refractivity contribution in [2.75, 3.05) is 6.61 Å². The molecule has 0 aromatic rings. The first kappa shape index (κ1) is 14.0. The van der Waals surface area contributed by atoms with Gasteiger partial charge in [-0.2, -0.15) is 13.2 Å². The number of aliphatic imine (C=N–C) groups is 1. The largest absolute Gasteiger partial charge is 0.487 e. The number of halogens is 3. The molecule has 1 aliphatic heterocycles. The maximum atomic E-state index is 11.8. The second kappa shape index (κ2) is 6.48. The minimum Gasteiger partial charge on any atom is -0.487 e. The van der Waals surface area contributed by atoms with Gasteiger partial charge >= 0.3 is 6.18 Å². The lowest BCUT2D eigenvalue weighted by atomic mass is 10.2. The number of nitrogens with zero attached hydrogens (tertiary/aromatic N) is 1. The van der Waals surface area contributed by atoms with Crippen LogP contribution in [0, 0.1) is 0 Å². The molecular weight excluding hydrogens is 207 g/mol. The van der Waals surface area contributed by atoms with Gasteiger partial charge in [0.1, 0.15) is 5.76 Å². The zero-order chi connectivity index (χ0) is 11.9. The van der Waals surface area contributed by atoms with E-state index >= 15 is 0 Å². The Bertz CT molecular complexity index is 244. The van der Waals surface area contributed by atoms with E-state index in [1.807, 2.05) is 13.8 Å². The summed E-state index contributed by atoms with van der Waals surface area (Å²) in [5.41, 5.74) is 0.538. The summed E-state index contributed by atoms with van der Waals surface area (Å²) >= 11 is 0. The first-order valence-electron chi connectivity index (χ1n) is 4.91. The van der Waals surface area contributed by atoms with Crippen molar-refractivity contribution in [3.8, 4) is 0 Å². The number of allylic oxidation sites excluding steroid dienone is 2. The van der Waals surface area contributed by atoms with Crippen LogP contribution in [0.15, 0.2) is 16.4 Å². The number of rotatable bonds is 2. The summed E-state index contributed by atoms with van der Waals surface area (Å²) < 4.78 is 39.9. The van der Waals surface area contributed by atoms with Crippen LogP contribution in [-0.4, -0.2) is 19.0 Å². The fraction of sp³-hybridized carbons (Fsp3) is 0.700. The summed E-state index contributed by atoms with van der Waals surface area (Å²) in [6.07, 6.45) is -1.44. The normalized spacial score (nSPS) is 15.9. The molecule has 0 amide bonds. The molecule has 0 unspecified atom stereocenters. The Hall–Kier alpha value is -1.00. The van der Waals surface area contributed by atoms with Crippen LogP contribution in [0.4, 0.5) is 13.2 Å². The van der Waals surface area contributed by atoms with E-state index in [1.165, 1.54) is 0 Å². The van der Waals surface area contributed by atoms with Crippen molar-refractivity contribution in [2.45, 2.75) is 39.8 Å². The Morgan fingerprint density at radius 2 is 2.00 bits per heavy atom. The topological polar surface area (TPSA) is 21.6 Å². The molecule has 5 heteroatoms. The highest BCUT2D eigenvalue weighted by atomic mass is 19.4. The average molecular weight is 223 g/mol. The van der Waals surface area contributed by atoms with E-state index in [1.54, 1.807) is 13.1 Å². The fourth-order valence-corrected chi connectivity index (χ4v) is 0.996. The summed E-state index contributed by atoms with van der Waals surface area (Å²) in [5.74, 6) is 0.347. The van der Waals surface area contributed by atoms with Crippen LogP contribution >= 0.6 is 0 Å². The lowest BCUT2D eigenvalue weighted by Gasteiger charge is -2.15. The predicted molar refractivity (Wildman–Crippen MR) is 53.8 cm³/mol. The molecule has 0 radical (unpaired) electrons. The second-order valence-electron chi connectivity index (χ2n) is 2.76. The van der Waals surface area contributed by atoms with E-state index in [0.29, 0.717) is 24.3 Å². The quantitative estimate of drug-likeness (QED) is 0.699. The lowest BCUT2D eigenvalue weighted by Crippen LogP contribution is -2.17. The molecule has 1 aliphatic rings. The average Bonchev–Trinajstić information content (AvgIpc) is 2.18. The van der Waals surface area contributed by atoms with Gasteiger partial charge in [0.15, 0.2) is 6.61 Å². The molecule has 1 heterocycles. The summed E-state index contributed by atoms with van der Waals surface area (Å²) in [7, 11) is 0. The molecule has 0 saturated heterocycles. The van der Waals surface area contributed by atoms with Gasteiger partial charge in [-0.1, -0.05) is 13.8 Å². The highest BCUT2D eigenvalue weighted by Gasteiger charge is 2.29. The van der Waals surface area contributed by atoms with Crippen molar-refractivity contribution in [1.29, 1.82) is 0 Å². The van der Waals surface area contributed by atoms with Gasteiger partial charge < -0.3 is 4.74 Å². The summed E-state index contributed by atoms with van der Waals surface area (Å²) in [4.78, 5) is 3.87. The predicted octanol–water partition coefficient (Wildman–Crippen LogP) is 3.69. The summed E-state index contributed by atoms with van der Waals surface area (Å²) in [6.45, 7) is 4.41. The molecule has 88 valence electrons. The minimum atomic E-state index is -4.27. The molecule has 0 fully saturated rings. The van der Waals surface area contributed by atoms with Crippen molar-refractivity contribution in [1.82, 2.24) is 0 Å². The van der Waals surface area contributed by atoms with Gasteiger partial charge in [0.25, 0.3) is 0 Å². The van der Waals surface area contributed by atoms with Gasteiger partial charge in [0.05, 0.1) is 5.70 Å². The van der Waals surface area contributed by atoms with Crippen LogP contribution in [0.2, 0.25) is 0 Å². The van der Waals surface area contributed by atoms with Crippen molar-refractivity contribution in [3.63, 3.8) is 0 Å². The summed E-state index contributed by atoms with van der Waals surface area (Å²) in [5, 5.41) is 0. The standard InChI is InChI=1S/C8H10F3NO.C2H6/c1-6-7(3-2-4-12-6)13-5-8(9,10)11;1-2/h4H,2-3,5H2,1H3;1-2H3. The SMILES string of the molecule is CC.CC1=C(OCC(F)(F)F)CCC=N1. The van der Waals surface area contributed by atoms with E-state index in [4.69, 9.17) is 0 Å². The molecule has 0 bridgehead atoms. The summed E-state index contributed by atoms with van der Waals surface area (Å²) in [6, 6.07) is 0. The molecule has 0 atom stereocenters. The van der Waals surface area contributed by atoms with Crippen molar-refractivity contribution < 1.29 is 17.9 Å². The molecule has 0 aromatic carbocycles. The second-order valence-corrected chi connectivity index (χ2v) is 2.76. The van der Waals surface area contributed by atoms with E-state index in [-0.39, 0.29) is 0 Å². The lowest BCUT2D eigenvalue weighted by molar-refractivity contribution is -0.165. The smallest absolute Gasteiger partial charge is 0.422 e. The maximum absolute atomic E-state index is 11.8. The Morgan fingerprint density at radius 3 is 2.47 bits per heavy atom. The molecular formula is C10H16F3NO. The maximum Gasteiger partial charge on any atom is 0.422 e. The molecule has 15 heavy (non-hydrogen) atoms. The van der Waals surface area contributed by atoms with Crippen LogP contribution in [0.5, 0.6) is 0 Å². The third kappa shape index (κ3) is 6.14. The van der Waals surface area contributed by atoms with Gasteiger partial charge in [0, 0.05) is 12.6 Å². The van der Waals surface area contributed by atoms with E-state index in [2.05, 4.69) is 9.73 Å². The molecule has 0 aliphatic carbocycles. The van der Waals surface area contributed by atoms with E-state index in [9.17, 15) is 13.2 Å². The van der Waals surface area contributed by atoms with Crippen molar-refractivity contribution >= 4 is 6.21 Å². The zero-order valence-electron chi connectivity index (χ0n) is 9.19. The van der Waals surface area contributed by atoms with Crippen molar-refractivity contribution in [2.24, 2.45) is 4.99 Å². The Kier molecular flexibility index (Phi) is 6.05. The number of alkyl halides is 3. The van der Waals surface area contributed by atoms with Crippen LogP contribution in [0.25, 0.3) is 0 Å². The van der Waals surface area contributed by atoms with Gasteiger partial charge in [0.2, 0.25) is 0 Å². The first-order valence-corrected chi connectivity index (χ1v) is 4.91. The Morgan fingerprint density at radius 1 is 1.40 bits per heavy atom. The molecule has 0 saturated carbocycles. The minimum absolute atomic E-state index is 0.347. The molecule has 0 aromatic heterocycles.